The lowest BCUT2D eigenvalue weighted by Crippen LogP contribution is -2.18. The van der Waals surface area contributed by atoms with Gasteiger partial charge in [-0.15, -0.1) is 0 Å². The van der Waals surface area contributed by atoms with Crippen LogP contribution in [0, 0.1) is 11.8 Å². The van der Waals surface area contributed by atoms with E-state index in [1.807, 2.05) is 13.0 Å². The number of aromatic hydroxyl groups is 1. The molecular weight excluding hydrogens is 328 g/mol. The Bertz CT molecular complexity index is 695. The van der Waals surface area contributed by atoms with E-state index in [0.717, 1.165) is 19.3 Å². The summed E-state index contributed by atoms with van der Waals surface area (Å²) < 4.78 is 5.54. The summed E-state index contributed by atoms with van der Waals surface area (Å²) in [5.41, 5.74) is 0.570. The number of benzene rings is 1. The van der Waals surface area contributed by atoms with Gasteiger partial charge in [0.1, 0.15) is 5.75 Å². The van der Waals surface area contributed by atoms with E-state index in [9.17, 15) is 14.7 Å². The highest BCUT2D eigenvalue weighted by Gasteiger charge is 2.37. The van der Waals surface area contributed by atoms with E-state index in [0.29, 0.717) is 17.4 Å². The standard InChI is InChI=1S/C19H21ClO4/c1-11-8-13-9-12(13)4-2-3-5-14(21)10-16-15(19(23)24-11)6-7-17(22)18(16)20/h3,5-7,11-13,22H,2,4,8-10H2,1H3/b5-3+/t11-,12-,13?/m1/s1. The van der Waals surface area contributed by atoms with Crippen LogP contribution in [-0.2, 0) is 16.0 Å². The number of allylic oxidation sites excluding steroid dienone is 2. The van der Waals surface area contributed by atoms with Crippen molar-refractivity contribution >= 4 is 23.4 Å². The first-order valence-corrected chi connectivity index (χ1v) is 8.74. The molecule has 0 radical (unpaired) electrons. The molecule has 1 aromatic rings. The molecular formula is C19H21ClO4. The summed E-state index contributed by atoms with van der Waals surface area (Å²) in [5, 5.41) is 9.83. The maximum Gasteiger partial charge on any atom is 0.338 e. The molecule has 0 amide bonds. The number of carbonyl (C=O) groups is 2. The third-order valence-electron chi connectivity index (χ3n) is 4.81. The van der Waals surface area contributed by atoms with Crippen LogP contribution in [0.4, 0.5) is 0 Å². The fourth-order valence-corrected chi connectivity index (χ4v) is 3.64. The van der Waals surface area contributed by atoms with Gasteiger partial charge in [-0.25, -0.2) is 4.79 Å². The second kappa shape index (κ2) is 6.98. The van der Waals surface area contributed by atoms with E-state index in [1.165, 1.54) is 18.6 Å². The first-order chi connectivity index (χ1) is 11.5. The number of halogens is 1. The van der Waals surface area contributed by atoms with Crippen molar-refractivity contribution in [2.24, 2.45) is 11.8 Å². The van der Waals surface area contributed by atoms with Crippen molar-refractivity contribution in [3.05, 3.63) is 40.4 Å². The van der Waals surface area contributed by atoms with Crippen molar-refractivity contribution in [3.63, 3.8) is 0 Å². The van der Waals surface area contributed by atoms with Crippen molar-refractivity contribution < 1.29 is 19.4 Å². The number of hydrogen-bond acceptors (Lipinski definition) is 4. The number of phenolic OH excluding ortho intramolecular Hbond substituents is 1. The second-order valence-electron chi connectivity index (χ2n) is 6.76. The molecule has 1 aromatic carbocycles. The van der Waals surface area contributed by atoms with Crippen LogP contribution in [0.3, 0.4) is 0 Å². The van der Waals surface area contributed by atoms with Gasteiger partial charge in [0, 0.05) is 6.42 Å². The molecule has 5 heteroatoms. The van der Waals surface area contributed by atoms with E-state index in [1.54, 1.807) is 6.08 Å². The molecule has 1 saturated carbocycles. The normalized spacial score (nSPS) is 29.0. The number of fused-ring (bicyclic) bond motifs is 2. The van der Waals surface area contributed by atoms with Gasteiger partial charge in [-0.3, -0.25) is 4.79 Å². The predicted octanol–water partition coefficient (Wildman–Crippen LogP) is 4.08. The fraction of sp³-hybridized carbons (Fsp3) is 0.474. The van der Waals surface area contributed by atoms with Crippen molar-refractivity contribution in [1.29, 1.82) is 0 Å². The fourth-order valence-electron chi connectivity index (χ4n) is 3.40. The Morgan fingerprint density at radius 3 is 2.79 bits per heavy atom. The summed E-state index contributed by atoms with van der Waals surface area (Å²) in [6.45, 7) is 1.89. The van der Waals surface area contributed by atoms with Gasteiger partial charge in [-0.05, 0) is 68.2 Å². The van der Waals surface area contributed by atoms with Crippen LogP contribution in [0.25, 0.3) is 0 Å². The molecule has 0 bridgehead atoms. The molecule has 24 heavy (non-hydrogen) atoms. The number of cyclic esters (lactones) is 1. The Hall–Kier alpha value is -1.81. The lowest BCUT2D eigenvalue weighted by molar-refractivity contribution is -0.114. The predicted molar refractivity (Wildman–Crippen MR) is 91.3 cm³/mol. The molecule has 128 valence electrons. The average Bonchev–Trinajstić information content (AvgIpc) is 3.25. The van der Waals surface area contributed by atoms with Gasteiger partial charge >= 0.3 is 5.97 Å². The monoisotopic (exact) mass is 348 g/mol. The van der Waals surface area contributed by atoms with Gasteiger partial charge in [0.25, 0.3) is 0 Å². The molecule has 1 N–H and O–H groups in total. The Kier molecular flexibility index (Phi) is 4.95. The number of hydrogen-bond donors (Lipinski definition) is 1. The average molecular weight is 349 g/mol. The molecule has 4 nitrogen and oxygen atoms in total. The van der Waals surface area contributed by atoms with Gasteiger partial charge in [0.05, 0.1) is 16.7 Å². The van der Waals surface area contributed by atoms with Crippen LogP contribution in [0.2, 0.25) is 5.02 Å². The van der Waals surface area contributed by atoms with Gasteiger partial charge in [0.2, 0.25) is 0 Å². The first-order valence-electron chi connectivity index (χ1n) is 8.36. The number of rotatable bonds is 0. The Morgan fingerprint density at radius 2 is 2.00 bits per heavy atom. The second-order valence-corrected chi connectivity index (χ2v) is 7.13. The van der Waals surface area contributed by atoms with Gasteiger partial charge in [-0.2, -0.15) is 0 Å². The smallest absolute Gasteiger partial charge is 0.338 e. The van der Waals surface area contributed by atoms with Crippen LogP contribution in [0.15, 0.2) is 24.3 Å². The number of ether oxygens (including phenoxy) is 1. The maximum absolute atomic E-state index is 12.5. The summed E-state index contributed by atoms with van der Waals surface area (Å²) >= 11 is 6.13. The molecule has 1 unspecified atom stereocenters. The Morgan fingerprint density at radius 1 is 1.21 bits per heavy atom. The van der Waals surface area contributed by atoms with Crippen molar-refractivity contribution in [1.82, 2.24) is 0 Å². The molecule has 1 fully saturated rings. The van der Waals surface area contributed by atoms with E-state index in [2.05, 4.69) is 0 Å². The van der Waals surface area contributed by atoms with Crippen molar-refractivity contribution in [2.75, 3.05) is 0 Å². The van der Waals surface area contributed by atoms with E-state index >= 15 is 0 Å². The summed E-state index contributed by atoms with van der Waals surface area (Å²) in [5.74, 6) is 0.490. The molecule has 1 aliphatic carbocycles. The largest absolute Gasteiger partial charge is 0.506 e. The molecule has 0 aromatic heterocycles. The minimum atomic E-state index is -0.495. The number of carbonyl (C=O) groups excluding carboxylic acids is 2. The van der Waals surface area contributed by atoms with Gasteiger partial charge in [-0.1, -0.05) is 17.7 Å². The zero-order chi connectivity index (χ0) is 17.3. The number of phenols is 1. The molecule has 1 aliphatic heterocycles. The van der Waals surface area contributed by atoms with Crippen LogP contribution in [-0.4, -0.2) is 23.0 Å². The number of ketones is 1. The molecule has 1 heterocycles. The highest BCUT2D eigenvalue weighted by molar-refractivity contribution is 6.33. The summed E-state index contributed by atoms with van der Waals surface area (Å²) in [7, 11) is 0. The lowest BCUT2D eigenvalue weighted by Gasteiger charge is -2.16. The summed E-state index contributed by atoms with van der Waals surface area (Å²) in [4.78, 5) is 24.6. The van der Waals surface area contributed by atoms with Gasteiger partial charge < -0.3 is 9.84 Å². The van der Waals surface area contributed by atoms with Crippen LogP contribution >= 0.6 is 11.6 Å². The zero-order valence-electron chi connectivity index (χ0n) is 13.6. The highest BCUT2D eigenvalue weighted by atomic mass is 35.5. The SMILES string of the molecule is C[C@@H]1CC2C[C@H]2CC/C=C/C(=O)Cc2c(ccc(O)c2Cl)C(=O)O1. The Labute approximate surface area is 146 Å². The van der Waals surface area contributed by atoms with Crippen LogP contribution in [0.5, 0.6) is 5.75 Å². The quantitative estimate of drug-likeness (QED) is 0.717. The van der Waals surface area contributed by atoms with E-state index < -0.39 is 5.97 Å². The summed E-state index contributed by atoms with van der Waals surface area (Å²) in [6, 6.07) is 2.82. The van der Waals surface area contributed by atoms with Crippen LogP contribution < -0.4 is 0 Å². The molecule has 3 rings (SSSR count). The Balaban J connectivity index is 1.91. The lowest BCUT2D eigenvalue weighted by atomic mass is 10.0. The topological polar surface area (TPSA) is 63.6 Å². The first kappa shape index (κ1) is 17.0. The van der Waals surface area contributed by atoms with Crippen LogP contribution in [0.1, 0.15) is 48.5 Å². The third kappa shape index (κ3) is 3.81. The van der Waals surface area contributed by atoms with Crippen molar-refractivity contribution in [2.45, 2.75) is 45.1 Å². The zero-order valence-corrected chi connectivity index (χ0v) is 14.4. The minimum Gasteiger partial charge on any atom is -0.506 e. The number of esters is 1. The minimum absolute atomic E-state index is 0.0331. The third-order valence-corrected chi connectivity index (χ3v) is 5.24. The summed E-state index contributed by atoms with van der Waals surface area (Å²) in [6.07, 6.45) is 7.19. The molecule has 0 saturated heterocycles. The van der Waals surface area contributed by atoms with Crippen molar-refractivity contribution in [3.8, 4) is 5.75 Å². The molecule has 0 spiro atoms. The molecule has 2 aliphatic rings. The van der Waals surface area contributed by atoms with E-state index in [4.69, 9.17) is 16.3 Å². The van der Waals surface area contributed by atoms with Gasteiger partial charge in [0.15, 0.2) is 5.78 Å². The van der Waals surface area contributed by atoms with E-state index in [-0.39, 0.29) is 34.6 Å². The maximum atomic E-state index is 12.5. The highest BCUT2D eigenvalue weighted by Crippen LogP contribution is 2.45. The molecule has 3 atom stereocenters.